The van der Waals surface area contributed by atoms with Crippen molar-refractivity contribution in [3.05, 3.63) is 41.1 Å². The number of para-hydroxylation sites is 1. The maximum Gasteiger partial charge on any atom is 0.340 e. The summed E-state index contributed by atoms with van der Waals surface area (Å²) in [5.74, 6) is 0.601. The third-order valence-corrected chi connectivity index (χ3v) is 5.31. The molecule has 4 heteroatoms. The minimum Gasteiger partial charge on any atom is -0.462 e. The van der Waals surface area contributed by atoms with Crippen LogP contribution in [0.3, 0.4) is 0 Å². The highest BCUT2D eigenvalue weighted by Crippen LogP contribution is 2.36. The Kier molecular flexibility index (Phi) is 4.46. The first-order valence-electron chi connectivity index (χ1n) is 9.46. The molecular formula is C21H26N2O2. The zero-order chi connectivity index (χ0) is 17.4. The maximum absolute atomic E-state index is 12.7. The fourth-order valence-electron chi connectivity index (χ4n) is 3.64. The molecule has 2 fully saturated rings. The van der Waals surface area contributed by atoms with Gasteiger partial charge in [-0.25, -0.2) is 4.79 Å². The van der Waals surface area contributed by atoms with E-state index in [0.29, 0.717) is 18.2 Å². The summed E-state index contributed by atoms with van der Waals surface area (Å²) in [5.41, 5.74) is 3.50. The fraction of sp³-hybridized carbons (Fsp3) is 0.524. The monoisotopic (exact) mass is 338 g/mol. The minimum absolute atomic E-state index is 0.240. The number of aromatic nitrogens is 1. The van der Waals surface area contributed by atoms with Gasteiger partial charge in [0.15, 0.2) is 0 Å². The van der Waals surface area contributed by atoms with Crippen LogP contribution in [0, 0.1) is 12.8 Å². The van der Waals surface area contributed by atoms with E-state index in [1.54, 1.807) is 0 Å². The van der Waals surface area contributed by atoms with Crippen LogP contribution in [0.1, 0.15) is 54.2 Å². The Labute approximate surface area is 149 Å². The van der Waals surface area contributed by atoms with E-state index in [9.17, 15) is 4.79 Å². The van der Waals surface area contributed by atoms with Crippen molar-refractivity contribution in [3.63, 3.8) is 0 Å². The second kappa shape index (κ2) is 6.75. The van der Waals surface area contributed by atoms with Crippen LogP contribution in [0.2, 0.25) is 0 Å². The molecule has 0 N–H and O–H groups in total. The van der Waals surface area contributed by atoms with Crippen molar-refractivity contribution in [2.75, 3.05) is 13.2 Å². The summed E-state index contributed by atoms with van der Waals surface area (Å²) >= 11 is 0. The Bertz CT molecular complexity index is 794. The van der Waals surface area contributed by atoms with Crippen molar-refractivity contribution >= 4 is 16.9 Å². The van der Waals surface area contributed by atoms with E-state index in [0.717, 1.165) is 41.2 Å². The smallest absolute Gasteiger partial charge is 0.340 e. The third-order valence-electron chi connectivity index (χ3n) is 5.31. The summed E-state index contributed by atoms with van der Waals surface area (Å²) in [6, 6.07) is 8.74. The molecule has 0 aliphatic heterocycles. The summed E-state index contributed by atoms with van der Waals surface area (Å²) in [6.45, 7) is 6.15. The van der Waals surface area contributed by atoms with Crippen molar-refractivity contribution in [1.29, 1.82) is 0 Å². The zero-order valence-corrected chi connectivity index (χ0v) is 15.1. The highest BCUT2D eigenvalue weighted by atomic mass is 16.5. The summed E-state index contributed by atoms with van der Waals surface area (Å²) < 4.78 is 5.35. The number of fused-ring (bicyclic) bond motifs is 1. The Morgan fingerprint density at radius 2 is 2.00 bits per heavy atom. The van der Waals surface area contributed by atoms with Crippen LogP contribution >= 0.6 is 0 Å². The number of benzene rings is 1. The molecule has 25 heavy (non-hydrogen) atoms. The molecule has 0 atom stereocenters. The van der Waals surface area contributed by atoms with Crippen LogP contribution < -0.4 is 0 Å². The number of esters is 1. The van der Waals surface area contributed by atoms with E-state index in [2.05, 4.69) is 4.90 Å². The van der Waals surface area contributed by atoms with Gasteiger partial charge in [0.25, 0.3) is 0 Å². The number of aryl methyl sites for hydroxylation is 1. The SMILES string of the molecule is CCOC(=O)c1c(CN(CC2CC2)C2CC2)nc2ccccc2c1C. The van der Waals surface area contributed by atoms with E-state index in [1.165, 1.54) is 25.7 Å². The molecule has 0 amide bonds. The van der Waals surface area contributed by atoms with E-state index in [1.807, 2.05) is 38.1 Å². The van der Waals surface area contributed by atoms with Gasteiger partial charge >= 0.3 is 5.97 Å². The first-order chi connectivity index (χ1) is 12.2. The van der Waals surface area contributed by atoms with Crippen LogP contribution in [0.4, 0.5) is 0 Å². The summed E-state index contributed by atoms with van der Waals surface area (Å²) in [7, 11) is 0. The van der Waals surface area contributed by atoms with Crippen molar-refractivity contribution in [2.45, 2.75) is 52.1 Å². The van der Waals surface area contributed by atoms with Crippen LogP contribution in [0.5, 0.6) is 0 Å². The fourth-order valence-corrected chi connectivity index (χ4v) is 3.64. The third kappa shape index (κ3) is 3.54. The number of hydrogen-bond acceptors (Lipinski definition) is 4. The minimum atomic E-state index is -0.240. The number of carbonyl (C=O) groups is 1. The molecule has 0 bridgehead atoms. The lowest BCUT2D eigenvalue weighted by molar-refractivity contribution is 0.0522. The Hall–Kier alpha value is -1.94. The quantitative estimate of drug-likeness (QED) is 0.713. The number of carbonyl (C=O) groups excluding carboxylic acids is 1. The lowest BCUT2D eigenvalue weighted by atomic mass is 10.0. The number of hydrogen-bond donors (Lipinski definition) is 0. The molecular weight excluding hydrogens is 312 g/mol. The van der Waals surface area contributed by atoms with Crippen LogP contribution in [0.15, 0.2) is 24.3 Å². The van der Waals surface area contributed by atoms with E-state index >= 15 is 0 Å². The van der Waals surface area contributed by atoms with Gasteiger partial charge in [0.2, 0.25) is 0 Å². The first-order valence-corrected chi connectivity index (χ1v) is 9.46. The average molecular weight is 338 g/mol. The summed E-state index contributed by atoms with van der Waals surface area (Å²) in [4.78, 5) is 20.1. The molecule has 2 aromatic rings. The van der Waals surface area contributed by atoms with Gasteiger partial charge in [0, 0.05) is 24.5 Å². The average Bonchev–Trinajstić information content (AvgIpc) is 3.48. The van der Waals surface area contributed by atoms with Gasteiger partial charge in [-0.2, -0.15) is 0 Å². The largest absolute Gasteiger partial charge is 0.462 e. The number of pyridine rings is 1. The van der Waals surface area contributed by atoms with Crippen LogP contribution in [-0.4, -0.2) is 35.0 Å². The Morgan fingerprint density at radius 1 is 1.24 bits per heavy atom. The molecule has 132 valence electrons. The predicted octanol–water partition coefficient (Wildman–Crippen LogP) is 4.09. The van der Waals surface area contributed by atoms with Crippen molar-refractivity contribution in [2.24, 2.45) is 5.92 Å². The van der Waals surface area contributed by atoms with Crippen LogP contribution in [0.25, 0.3) is 10.9 Å². The topological polar surface area (TPSA) is 42.4 Å². The lowest BCUT2D eigenvalue weighted by Gasteiger charge is -2.23. The summed E-state index contributed by atoms with van der Waals surface area (Å²) in [5, 5.41) is 1.04. The molecule has 2 aliphatic carbocycles. The number of nitrogens with zero attached hydrogens (tertiary/aromatic N) is 2. The van der Waals surface area contributed by atoms with E-state index in [4.69, 9.17) is 9.72 Å². The molecule has 2 saturated carbocycles. The molecule has 0 spiro atoms. The lowest BCUT2D eigenvalue weighted by Crippen LogP contribution is -2.29. The highest BCUT2D eigenvalue weighted by Gasteiger charge is 2.35. The second-order valence-electron chi connectivity index (χ2n) is 7.40. The van der Waals surface area contributed by atoms with Crippen molar-refractivity contribution < 1.29 is 9.53 Å². The second-order valence-corrected chi connectivity index (χ2v) is 7.40. The molecule has 0 saturated heterocycles. The molecule has 4 nitrogen and oxygen atoms in total. The molecule has 0 radical (unpaired) electrons. The molecule has 1 heterocycles. The highest BCUT2D eigenvalue weighted by molar-refractivity contribution is 5.98. The molecule has 1 aromatic heterocycles. The van der Waals surface area contributed by atoms with Gasteiger partial charge < -0.3 is 4.74 Å². The zero-order valence-electron chi connectivity index (χ0n) is 15.1. The molecule has 1 aromatic carbocycles. The van der Waals surface area contributed by atoms with E-state index in [-0.39, 0.29) is 5.97 Å². The normalized spacial score (nSPS) is 17.2. The first kappa shape index (κ1) is 16.5. The maximum atomic E-state index is 12.7. The predicted molar refractivity (Wildman–Crippen MR) is 98.6 cm³/mol. The van der Waals surface area contributed by atoms with Crippen molar-refractivity contribution in [3.8, 4) is 0 Å². The standard InChI is InChI=1S/C21H26N2O2/c1-3-25-21(24)20-14(2)17-6-4-5-7-18(17)22-19(20)13-23(16-10-11-16)12-15-8-9-15/h4-7,15-16H,3,8-13H2,1-2H3. The van der Waals surface area contributed by atoms with Gasteiger partial charge in [-0.1, -0.05) is 18.2 Å². The molecule has 0 unspecified atom stereocenters. The Morgan fingerprint density at radius 3 is 2.68 bits per heavy atom. The van der Waals surface area contributed by atoms with E-state index < -0.39 is 0 Å². The van der Waals surface area contributed by atoms with Gasteiger partial charge in [-0.3, -0.25) is 9.88 Å². The van der Waals surface area contributed by atoms with Gasteiger partial charge in [0.1, 0.15) is 0 Å². The Balaban J connectivity index is 1.74. The van der Waals surface area contributed by atoms with Crippen molar-refractivity contribution in [1.82, 2.24) is 9.88 Å². The van der Waals surface area contributed by atoms with Crippen LogP contribution in [-0.2, 0) is 11.3 Å². The summed E-state index contributed by atoms with van der Waals surface area (Å²) in [6.07, 6.45) is 5.23. The molecule has 2 aliphatic rings. The molecule has 4 rings (SSSR count). The number of ether oxygens (including phenoxy) is 1. The van der Waals surface area contributed by atoms with Gasteiger partial charge in [-0.05, 0) is 57.1 Å². The van der Waals surface area contributed by atoms with Gasteiger partial charge in [-0.15, -0.1) is 0 Å². The number of rotatable bonds is 7. The van der Waals surface area contributed by atoms with Gasteiger partial charge in [0.05, 0.1) is 23.4 Å².